The molecule has 0 aliphatic heterocycles. The predicted octanol–water partition coefficient (Wildman–Crippen LogP) is 3.87. The van der Waals surface area contributed by atoms with Gasteiger partial charge in [-0.1, -0.05) is 36.4 Å². The van der Waals surface area contributed by atoms with Crippen molar-refractivity contribution in [2.45, 2.75) is 25.6 Å². The van der Waals surface area contributed by atoms with E-state index in [1.165, 1.54) is 25.3 Å². The molecule has 0 bridgehead atoms. The van der Waals surface area contributed by atoms with Crippen LogP contribution in [0.3, 0.4) is 0 Å². The van der Waals surface area contributed by atoms with E-state index in [2.05, 4.69) is 4.98 Å². The van der Waals surface area contributed by atoms with Gasteiger partial charge in [0.2, 0.25) is 5.88 Å². The first kappa shape index (κ1) is 17.8. The minimum atomic E-state index is -4.48. The van der Waals surface area contributed by atoms with E-state index in [1.807, 2.05) is 18.2 Å². The number of carbonyl (C=O) groups excluding carboxylic acids is 1. The Balaban J connectivity index is 2.03. The number of ether oxygens (including phenoxy) is 2. The number of halogens is 3. The molecule has 0 aliphatic rings. The molecule has 1 heterocycles. The minimum Gasteiger partial charge on any atom is -0.468 e. The summed E-state index contributed by atoms with van der Waals surface area (Å²) in [6.45, 7) is 0.149. The quantitative estimate of drug-likeness (QED) is 0.750. The second-order valence-corrected chi connectivity index (χ2v) is 5.12. The fourth-order valence-electron chi connectivity index (χ4n) is 1.98. The molecule has 0 aliphatic carbocycles. The van der Waals surface area contributed by atoms with Crippen LogP contribution in [0.15, 0.2) is 48.7 Å². The standard InChI is InChI=1S/C17H16F3NO3/c1-12(16(22)23-10-13-6-3-2-4-7-13)14-8-5-9-21-15(14)24-11-17(18,19)20/h2-9,12H,10-11H2,1H3. The molecule has 1 atom stereocenters. The predicted molar refractivity (Wildman–Crippen MR) is 80.4 cm³/mol. The highest BCUT2D eigenvalue weighted by Crippen LogP contribution is 2.27. The van der Waals surface area contributed by atoms with Crippen molar-refractivity contribution >= 4 is 5.97 Å². The van der Waals surface area contributed by atoms with Gasteiger partial charge in [-0.3, -0.25) is 4.79 Å². The number of nitrogens with zero attached hydrogens (tertiary/aromatic N) is 1. The van der Waals surface area contributed by atoms with E-state index in [0.29, 0.717) is 0 Å². The third-order valence-electron chi connectivity index (χ3n) is 3.22. The van der Waals surface area contributed by atoms with E-state index in [1.54, 1.807) is 12.1 Å². The summed E-state index contributed by atoms with van der Waals surface area (Å²) >= 11 is 0. The van der Waals surface area contributed by atoms with Crippen molar-refractivity contribution < 1.29 is 27.4 Å². The molecule has 4 nitrogen and oxygen atoms in total. The minimum absolute atomic E-state index is 0.0863. The summed E-state index contributed by atoms with van der Waals surface area (Å²) in [6, 6.07) is 12.1. The number of benzene rings is 1. The molecule has 0 saturated heterocycles. The monoisotopic (exact) mass is 339 g/mol. The van der Waals surface area contributed by atoms with Gasteiger partial charge in [0.15, 0.2) is 6.61 Å². The van der Waals surface area contributed by atoms with Crippen LogP contribution in [0.1, 0.15) is 24.0 Å². The summed E-state index contributed by atoms with van der Waals surface area (Å²) in [5.41, 5.74) is 1.07. The van der Waals surface area contributed by atoms with E-state index in [4.69, 9.17) is 9.47 Å². The van der Waals surface area contributed by atoms with Crippen molar-refractivity contribution in [1.29, 1.82) is 0 Å². The van der Waals surface area contributed by atoms with E-state index < -0.39 is 24.7 Å². The van der Waals surface area contributed by atoms with Crippen LogP contribution in [-0.2, 0) is 16.1 Å². The number of pyridine rings is 1. The number of rotatable bonds is 6. The van der Waals surface area contributed by atoms with Crippen LogP contribution in [-0.4, -0.2) is 23.7 Å². The summed E-state index contributed by atoms with van der Waals surface area (Å²) in [5.74, 6) is -1.59. The first-order valence-electron chi connectivity index (χ1n) is 7.22. The highest BCUT2D eigenvalue weighted by Gasteiger charge is 2.30. The number of alkyl halides is 3. The molecule has 0 N–H and O–H groups in total. The fourth-order valence-corrected chi connectivity index (χ4v) is 1.98. The van der Waals surface area contributed by atoms with Crippen LogP contribution in [0.4, 0.5) is 13.2 Å². The first-order chi connectivity index (χ1) is 11.4. The number of hydrogen-bond acceptors (Lipinski definition) is 4. The molecule has 0 amide bonds. The maximum atomic E-state index is 12.3. The van der Waals surface area contributed by atoms with Crippen LogP contribution < -0.4 is 4.74 Å². The summed E-state index contributed by atoms with van der Waals surface area (Å²) in [6.07, 6.45) is -3.18. The number of aromatic nitrogens is 1. The fraction of sp³-hybridized carbons (Fsp3) is 0.294. The van der Waals surface area contributed by atoms with Crippen LogP contribution in [0, 0.1) is 0 Å². The first-order valence-corrected chi connectivity index (χ1v) is 7.22. The van der Waals surface area contributed by atoms with E-state index in [9.17, 15) is 18.0 Å². The van der Waals surface area contributed by atoms with Crippen molar-refractivity contribution in [2.75, 3.05) is 6.61 Å². The Labute approximate surface area is 137 Å². The SMILES string of the molecule is CC(C(=O)OCc1ccccc1)c1cccnc1OCC(F)(F)F. The molecule has 2 aromatic rings. The van der Waals surface area contributed by atoms with Gasteiger partial charge in [0.1, 0.15) is 6.61 Å². The number of hydrogen-bond donors (Lipinski definition) is 0. The Bertz CT molecular complexity index is 674. The molecule has 0 radical (unpaired) electrons. The summed E-state index contributed by atoms with van der Waals surface area (Å²) in [5, 5.41) is 0. The molecule has 0 saturated carbocycles. The zero-order valence-electron chi connectivity index (χ0n) is 12.9. The van der Waals surface area contributed by atoms with Gasteiger partial charge in [-0.05, 0) is 18.6 Å². The molecule has 0 fully saturated rings. The van der Waals surface area contributed by atoms with E-state index in [-0.39, 0.29) is 18.1 Å². The summed E-state index contributed by atoms with van der Waals surface area (Å²) in [4.78, 5) is 15.9. The van der Waals surface area contributed by atoms with Gasteiger partial charge in [0, 0.05) is 11.8 Å². The number of esters is 1. The normalized spacial score (nSPS) is 12.5. The molecule has 0 spiro atoms. The Morgan fingerprint density at radius 1 is 1.17 bits per heavy atom. The Hall–Kier alpha value is -2.57. The van der Waals surface area contributed by atoms with Crippen LogP contribution in [0.2, 0.25) is 0 Å². The zero-order valence-corrected chi connectivity index (χ0v) is 12.9. The highest BCUT2D eigenvalue weighted by molar-refractivity contribution is 5.78. The average molecular weight is 339 g/mol. The molecule has 24 heavy (non-hydrogen) atoms. The largest absolute Gasteiger partial charge is 0.468 e. The number of carbonyl (C=O) groups is 1. The van der Waals surface area contributed by atoms with Crippen molar-refractivity contribution in [1.82, 2.24) is 4.98 Å². The zero-order chi connectivity index (χ0) is 17.6. The topological polar surface area (TPSA) is 48.4 Å². The van der Waals surface area contributed by atoms with Gasteiger partial charge >= 0.3 is 12.1 Å². The third kappa shape index (κ3) is 5.26. The molecule has 7 heteroatoms. The molecular formula is C17H16F3NO3. The molecule has 1 unspecified atom stereocenters. The van der Waals surface area contributed by atoms with Crippen molar-refractivity contribution in [3.63, 3.8) is 0 Å². The second kappa shape index (κ2) is 7.81. The Morgan fingerprint density at radius 3 is 2.54 bits per heavy atom. The third-order valence-corrected chi connectivity index (χ3v) is 3.22. The lowest BCUT2D eigenvalue weighted by Crippen LogP contribution is -2.21. The second-order valence-electron chi connectivity index (χ2n) is 5.12. The van der Waals surface area contributed by atoms with E-state index >= 15 is 0 Å². The molecule has 2 rings (SSSR count). The molecule has 1 aromatic heterocycles. The van der Waals surface area contributed by atoms with Gasteiger partial charge < -0.3 is 9.47 Å². The lowest BCUT2D eigenvalue weighted by atomic mass is 10.0. The Morgan fingerprint density at radius 2 is 1.88 bits per heavy atom. The van der Waals surface area contributed by atoms with Gasteiger partial charge in [-0.15, -0.1) is 0 Å². The van der Waals surface area contributed by atoms with Gasteiger partial charge in [-0.2, -0.15) is 13.2 Å². The maximum Gasteiger partial charge on any atom is 0.422 e. The smallest absolute Gasteiger partial charge is 0.422 e. The van der Waals surface area contributed by atoms with Crippen LogP contribution in [0.25, 0.3) is 0 Å². The van der Waals surface area contributed by atoms with Gasteiger partial charge in [0.05, 0.1) is 5.92 Å². The molecular weight excluding hydrogens is 323 g/mol. The maximum absolute atomic E-state index is 12.3. The van der Waals surface area contributed by atoms with Gasteiger partial charge in [0.25, 0.3) is 0 Å². The van der Waals surface area contributed by atoms with Crippen molar-refractivity contribution in [2.24, 2.45) is 0 Å². The van der Waals surface area contributed by atoms with Crippen LogP contribution in [0.5, 0.6) is 5.88 Å². The van der Waals surface area contributed by atoms with Gasteiger partial charge in [-0.25, -0.2) is 4.98 Å². The summed E-state index contributed by atoms with van der Waals surface area (Å²) < 4.78 is 46.8. The molecule has 128 valence electrons. The summed E-state index contributed by atoms with van der Waals surface area (Å²) in [7, 11) is 0. The Kier molecular flexibility index (Phi) is 5.78. The lowest BCUT2D eigenvalue weighted by molar-refractivity contribution is -0.154. The highest BCUT2D eigenvalue weighted by atomic mass is 19.4. The van der Waals surface area contributed by atoms with Crippen molar-refractivity contribution in [3.05, 3.63) is 59.8 Å². The van der Waals surface area contributed by atoms with Crippen LogP contribution >= 0.6 is 0 Å². The molecule has 1 aromatic carbocycles. The average Bonchev–Trinajstić information content (AvgIpc) is 2.57. The van der Waals surface area contributed by atoms with Crippen molar-refractivity contribution in [3.8, 4) is 5.88 Å². The lowest BCUT2D eigenvalue weighted by Gasteiger charge is -2.16. The van der Waals surface area contributed by atoms with E-state index in [0.717, 1.165) is 5.56 Å².